The van der Waals surface area contributed by atoms with Crippen molar-refractivity contribution in [3.63, 3.8) is 0 Å². The summed E-state index contributed by atoms with van der Waals surface area (Å²) in [6.07, 6.45) is 0. The van der Waals surface area contributed by atoms with Gasteiger partial charge in [-0.25, -0.2) is 0 Å². The molecule has 2 nitrogen and oxygen atoms in total. The first-order chi connectivity index (χ1) is 7.64. The lowest BCUT2D eigenvalue weighted by molar-refractivity contribution is 0.101. The molecule has 0 heterocycles. The van der Waals surface area contributed by atoms with Crippen LogP contribution in [0.15, 0.2) is 12.1 Å². The number of phenols is 1. The van der Waals surface area contributed by atoms with Gasteiger partial charge in [0.2, 0.25) is 0 Å². The molecule has 0 aliphatic heterocycles. The largest absolute Gasteiger partial charge is 0.507 e. The van der Waals surface area contributed by atoms with Crippen LogP contribution < -0.4 is 0 Å². The second kappa shape index (κ2) is 4.52. The van der Waals surface area contributed by atoms with Crippen LogP contribution in [0.1, 0.15) is 68.9 Å². The fraction of sp³-hybridized carbons (Fsp3) is 0.533. The molecule has 0 aromatic heterocycles. The Balaban J connectivity index is 3.55. The molecule has 1 aromatic carbocycles. The Morgan fingerprint density at radius 2 is 1.76 bits per heavy atom. The van der Waals surface area contributed by atoms with Crippen LogP contribution in [-0.2, 0) is 5.41 Å². The Labute approximate surface area is 104 Å². The van der Waals surface area contributed by atoms with E-state index in [1.54, 1.807) is 13.0 Å². The van der Waals surface area contributed by atoms with E-state index in [9.17, 15) is 9.90 Å². The van der Waals surface area contributed by atoms with Crippen LogP contribution in [0.4, 0.5) is 0 Å². The van der Waals surface area contributed by atoms with Crippen molar-refractivity contribution in [3.8, 4) is 5.75 Å². The van der Waals surface area contributed by atoms with Crippen molar-refractivity contribution in [3.05, 3.63) is 28.8 Å². The van der Waals surface area contributed by atoms with Crippen molar-refractivity contribution in [1.29, 1.82) is 0 Å². The SMILES string of the molecule is CC(=O)c1cc(C(C)C)c(O)c(C(C)(C)C)c1. The maximum Gasteiger partial charge on any atom is 0.159 e. The number of carbonyl (C=O) groups is 1. The molecule has 0 spiro atoms. The van der Waals surface area contributed by atoms with E-state index in [1.165, 1.54) is 0 Å². The maximum absolute atomic E-state index is 11.5. The molecule has 1 aromatic rings. The van der Waals surface area contributed by atoms with Gasteiger partial charge < -0.3 is 5.11 Å². The van der Waals surface area contributed by atoms with Crippen molar-refractivity contribution in [2.24, 2.45) is 0 Å². The number of rotatable bonds is 2. The summed E-state index contributed by atoms with van der Waals surface area (Å²) in [5.41, 5.74) is 2.20. The maximum atomic E-state index is 11.5. The Morgan fingerprint density at radius 1 is 1.24 bits per heavy atom. The standard InChI is InChI=1S/C15H22O2/c1-9(2)12-7-11(10(3)16)8-13(14(12)17)15(4,5)6/h7-9,17H,1-6H3. The van der Waals surface area contributed by atoms with Crippen LogP contribution in [0.3, 0.4) is 0 Å². The van der Waals surface area contributed by atoms with Crippen LogP contribution in [0.5, 0.6) is 5.75 Å². The van der Waals surface area contributed by atoms with Crippen molar-refractivity contribution in [2.75, 3.05) is 0 Å². The van der Waals surface area contributed by atoms with Crippen molar-refractivity contribution in [1.82, 2.24) is 0 Å². The van der Waals surface area contributed by atoms with E-state index in [0.717, 1.165) is 11.1 Å². The number of hydrogen-bond acceptors (Lipinski definition) is 2. The number of carbonyl (C=O) groups excluding carboxylic acids is 1. The number of ketones is 1. The second-order valence-electron chi connectivity index (χ2n) is 5.92. The molecule has 0 radical (unpaired) electrons. The molecule has 94 valence electrons. The summed E-state index contributed by atoms with van der Waals surface area (Å²) in [6, 6.07) is 3.61. The molecule has 0 aliphatic carbocycles. The fourth-order valence-electron chi connectivity index (χ4n) is 1.87. The van der Waals surface area contributed by atoms with E-state index in [4.69, 9.17) is 0 Å². The fourth-order valence-corrected chi connectivity index (χ4v) is 1.87. The van der Waals surface area contributed by atoms with Gasteiger partial charge in [0.25, 0.3) is 0 Å². The zero-order valence-corrected chi connectivity index (χ0v) is 11.6. The number of Topliss-reactive ketones (excluding diaryl/α,β-unsaturated/α-hetero) is 1. The summed E-state index contributed by atoms with van der Waals surface area (Å²) in [5, 5.41) is 10.3. The lowest BCUT2D eigenvalue weighted by Crippen LogP contribution is -2.14. The van der Waals surface area contributed by atoms with Crippen LogP contribution in [0.25, 0.3) is 0 Å². The van der Waals surface area contributed by atoms with Crippen LogP contribution in [0, 0.1) is 0 Å². The molecule has 1 rings (SSSR count). The van der Waals surface area contributed by atoms with E-state index in [1.807, 2.05) is 40.7 Å². The van der Waals surface area contributed by atoms with E-state index in [0.29, 0.717) is 11.3 Å². The first-order valence-corrected chi connectivity index (χ1v) is 6.03. The molecule has 1 N–H and O–H groups in total. The molecule has 0 amide bonds. The highest BCUT2D eigenvalue weighted by Crippen LogP contribution is 2.37. The predicted octanol–water partition coefficient (Wildman–Crippen LogP) is 4.02. The van der Waals surface area contributed by atoms with Gasteiger partial charge in [-0.3, -0.25) is 4.79 Å². The van der Waals surface area contributed by atoms with Gasteiger partial charge in [0.1, 0.15) is 5.75 Å². The Morgan fingerprint density at radius 3 is 2.12 bits per heavy atom. The van der Waals surface area contributed by atoms with Gasteiger partial charge in [-0.05, 0) is 36.0 Å². The first kappa shape index (κ1) is 13.8. The molecule has 0 saturated heterocycles. The molecule has 0 unspecified atom stereocenters. The third-order valence-electron chi connectivity index (χ3n) is 2.98. The number of hydrogen-bond donors (Lipinski definition) is 1. The number of aromatic hydroxyl groups is 1. The van der Waals surface area contributed by atoms with Gasteiger partial charge in [0.05, 0.1) is 0 Å². The smallest absolute Gasteiger partial charge is 0.159 e. The average Bonchev–Trinajstić information content (AvgIpc) is 2.15. The third kappa shape index (κ3) is 2.87. The highest BCUT2D eigenvalue weighted by atomic mass is 16.3. The lowest BCUT2D eigenvalue weighted by Gasteiger charge is -2.24. The number of phenolic OH excluding ortho intramolecular Hbond substituents is 1. The lowest BCUT2D eigenvalue weighted by atomic mass is 9.82. The molecule has 0 aliphatic rings. The van der Waals surface area contributed by atoms with Gasteiger partial charge >= 0.3 is 0 Å². The summed E-state index contributed by atoms with van der Waals surface area (Å²) in [7, 11) is 0. The summed E-state index contributed by atoms with van der Waals surface area (Å²) in [5.74, 6) is 0.574. The molecular weight excluding hydrogens is 212 g/mol. The zero-order valence-electron chi connectivity index (χ0n) is 11.6. The van der Waals surface area contributed by atoms with Gasteiger partial charge in [-0.2, -0.15) is 0 Å². The van der Waals surface area contributed by atoms with Crippen molar-refractivity contribution in [2.45, 2.75) is 52.9 Å². The summed E-state index contributed by atoms with van der Waals surface area (Å²) >= 11 is 0. The zero-order chi connectivity index (χ0) is 13.4. The molecule has 0 atom stereocenters. The van der Waals surface area contributed by atoms with Gasteiger partial charge in [0, 0.05) is 11.1 Å². The molecule has 2 heteroatoms. The second-order valence-corrected chi connectivity index (χ2v) is 5.92. The minimum atomic E-state index is -0.167. The Bertz CT molecular complexity index is 437. The van der Waals surface area contributed by atoms with Gasteiger partial charge in [-0.15, -0.1) is 0 Å². The highest BCUT2D eigenvalue weighted by Gasteiger charge is 2.23. The third-order valence-corrected chi connectivity index (χ3v) is 2.98. The van der Waals surface area contributed by atoms with E-state index >= 15 is 0 Å². The quantitative estimate of drug-likeness (QED) is 0.785. The normalized spacial score (nSPS) is 11.9. The molecule has 17 heavy (non-hydrogen) atoms. The number of benzene rings is 1. The van der Waals surface area contributed by atoms with Crippen molar-refractivity contribution < 1.29 is 9.90 Å². The van der Waals surface area contributed by atoms with Gasteiger partial charge in [0.15, 0.2) is 5.78 Å². The molecule has 0 fully saturated rings. The Kier molecular flexibility index (Phi) is 3.65. The van der Waals surface area contributed by atoms with E-state index < -0.39 is 0 Å². The summed E-state index contributed by atoms with van der Waals surface area (Å²) in [6.45, 7) is 11.7. The van der Waals surface area contributed by atoms with Crippen LogP contribution in [-0.4, -0.2) is 10.9 Å². The topological polar surface area (TPSA) is 37.3 Å². The summed E-state index contributed by atoms with van der Waals surface area (Å²) < 4.78 is 0. The molecule has 0 bridgehead atoms. The predicted molar refractivity (Wildman–Crippen MR) is 70.9 cm³/mol. The molecular formula is C15H22O2. The van der Waals surface area contributed by atoms with Crippen LogP contribution in [0.2, 0.25) is 0 Å². The van der Waals surface area contributed by atoms with E-state index in [-0.39, 0.29) is 17.1 Å². The summed E-state index contributed by atoms with van der Waals surface area (Å²) in [4.78, 5) is 11.5. The Hall–Kier alpha value is -1.31. The molecule has 0 saturated carbocycles. The minimum absolute atomic E-state index is 0.0393. The first-order valence-electron chi connectivity index (χ1n) is 6.03. The monoisotopic (exact) mass is 234 g/mol. The van der Waals surface area contributed by atoms with Crippen LogP contribution >= 0.6 is 0 Å². The minimum Gasteiger partial charge on any atom is -0.507 e. The van der Waals surface area contributed by atoms with Gasteiger partial charge in [-0.1, -0.05) is 34.6 Å². The van der Waals surface area contributed by atoms with E-state index in [2.05, 4.69) is 0 Å². The average molecular weight is 234 g/mol. The highest BCUT2D eigenvalue weighted by molar-refractivity contribution is 5.94. The van der Waals surface area contributed by atoms with Crippen molar-refractivity contribution >= 4 is 5.78 Å².